The Morgan fingerprint density at radius 2 is 2.00 bits per heavy atom. The van der Waals surface area contributed by atoms with Gasteiger partial charge in [0.05, 0.1) is 12.3 Å². The van der Waals surface area contributed by atoms with E-state index in [1.807, 2.05) is 35.2 Å². The maximum atomic E-state index is 12.4. The molecule has 2 aromatic rings. The third kappa shape index (κ3) is 4.99. The SMILES string of the molecule is O=C(CSCc1ccccc1)N1CCCC(Oc2ccncc2)C1. The number of aromatic nitrogens is 1. The molecule has 24 heavy (non-hydrogen) atoms. The number of benzene rings is 1. The number of amides is 1. The summed E-state index contributed by atoms with van der Waals surface area (Å²) in [5.41, 5.74) is 1.26. The van der Waals surface area contributed by atoms with Crippen LogP contribution >= 0.6 is 11.8 Å². The number of rotatable bonds is 6. The third-order valence-corrected chi connectivity index (χ3v) is 5.01. The van der Waals surface area contributed by atoms with Crippen LogP contribution < -0.4 is 4.74 Å². The molecule has 1 aliphatic heterocycles. The number of hydrogen-bond donors (Lipinski definition) is 0. The van der Waals surface area contributed by atoms with Gasteiger partial charge in [0.15, 0.2) is 0 Å². The van der Waals surface area contributed by atoms with Crippen LogP contribution in [0.3, 0.4) is 0 Å². The number of likely N-dealkylation sites (tertiary alicyclic amines) is 1. The molecular weight excluding hydrogens is 320 g/mol. The number of nitrogens with zero attached hydrogens (tertiary/aromatic N) is 2. The molecule has 0 N–H and O–H groups in total. The highest BCUT2D eigenvalue weighted by atomic mass is 32.2. The Morgan fingerprint density at radius 3 is 2.79 bits per heavy atom. The predicted octanol–water partition coefficient (Wildman–Crippen LogP) is 3.38. The zero-order valence-electron chi connectivity index (χ0n) is 13.6. The standard InChI is InChI=1S/C19H22N2O2S/c22-19(15-24-14-16-5-2-1-3-6-16)21-12-4-7-18(13-21)23-17-8-10-20-11-9-17/h1-3,5-6,8-11,18H,4,7,12-15H2. The van der Waals surface area contributed by atoms with Crippen molar-refractivity contribution in [1.82, 2.24) is 9.88 Å². The maximum absolute atomic E-state index is 12.4. The Kier molecular flexibility index (Phi) is 6.13. The molecule has 1 fully saturated rings. The smallest absolute Gasteiger partial charge is 0.232 e. The van der Waals surface area contributed by atoms with Crippen LogP contribution in [0.5, 0.6) is 5.75 Å². The first-order valence-corrected chi connectivity index (χ1v) is 9.43. The van der Waals surface area contributed by atoms with E-state index in [1.54, 1.807) is 24.2 Å². The predicted molar refractivity (Wildman–Crippen MR) is 97.1 cm³/mol. The zero-order chi connectivity index (χ0) is 16.6. The Hall–Kier alpha value is -2.01. The molecule has 0 radical (unpaired) electrons. The van der Waals surface area contributed by atoms with Crippen molar-refractivity contribution in [3.8, 4) is 5.75 Å². The minimum absolute atomic E-state index is 0.0734. The molecule has 1 unspecified atom stereocenters. The van der Waals surface area contributed by atoms with Gasteiger partial charge in [-0.15, -0.1) is 11.8 Å². The van der Waals surface area contributed by atoms with Gasteiger partial charge in [-0.25, -0.2) is 0 Å². The van der Waals surface area contributed by atoms with Crippen molar-refractivity contribution in [2.75, 3.05) is 18.8 Å². The molecule has 5 heteroatoms. The Bertz CT molecular complexity index is 636. The lowest BCUT2D eigenvalue weighted by atomic mass is 10.1. The van der Waals surface area contributed by atoms with E-state index >= 15 is 0 Å². The number of carbonyl (C=O) groups is 1. The van der Waals surface area contributed by atoms with Crippen LogP contribution in [0.1, 0.15) is 18.4 Å². The molecule has 4 nitrogen and oxygen atoms in total. The first-order chi connectivity index (χ1) is 11.8. The van der Waals surface area contributed by atoms with Crippen molar-refractivity contribution in [2.45, 2.75) is 24.7 Å². The minimum Gasteiger partial charge on any atom is -0.488 e. The van der Waals surface area contributed by atoms with Crippen LogP contribution in [0.25, 0.3) is 0 Å². The Balaban J connectivity index is 1.44. The summed E-state index contributed by atoms with van der Waals surface area (Å²) in [4.78, 5) is 18.4. The van der Waals surface area contributed by atoms with Crippen molar-refractivity contribution in [1.29, 1.82) is 0 Å². The molecule has 1 aromatic carbocycles. The Morgan fingerprint density at radius 1 is 1.21 bits per heavy atom. The fourth-order valence-electron chi connectivity index (χ4n) is 2.79. The summed E-state index contributed by atoms with van der Waals surface area (Å²) >= 11 is 1.67. The summed E-state index contributed by atoms with van der Waals surface area (Å²) in [5.74, 6) is 2.43. The molecule has 0 bridgehead atoms. The number of piperidine rings is 1. The van der Waals surface area contributed by atoms with Gasteiger partial charge in [-0.05, 0) is 30.5 Å². The summed E-state index contributed by atoms with van der Waals surface area (Å²) in [5, 5.41) is 0. The highest BCUT2D eigenvalue weighted by Gasteiger charge is 2.24. The van der Waals surface area contributed by atoms with Crippen LogP contribution in [-0.2, 0) is 10.5 Å². The van der Waals surface area contributed by atoms with E-state index in [0.29, 0.717) is 12.3 Å². The first kappa shape index (κ1) is 16.8. The molecule has 1 aromatic heterocycles. The van der Waals surface area contributed by atoms with E-state index in [-0.39, 0.29) is 12.0 Å². The average Bonchev–Trinajstić information content (AvgIpc) is 2.64. The van der Waals surface area contributed by atoms with Gasteiger partial charge in [-0.2, -0.15) is 0 Å². The van der Waals surface area contributed by atoms with Gasteiger partial charge in [0.1, 0.15) is 11.9 Å². The molecule has 0 spiro atoms. The molecule has 2 heterocycles. The highest BCUT2D eigenvalue weighted by Crippen LogP contribution is 2.19. The average molecular weight is 342 g/mol. The van der Waals surface area contributed by atoms with E-state index in [1.165, 1.54) is 5.56 Å². The van der Waals surface area contributed by atoms with E-state index in [9.17, 15) is 4.79 Å². The lowest BCUT2D eigenvalue weighted by Crippen LogP contribution is -2.45. The maximum Gasteiger partial charge on any atom is 0.232 e. The second kappa shape index (κ2) is 8.73. The van der Waals surface area contributed by atoms with E-state index in [0.717, 1.165) is 30.9 Å². The molecule has 3 rings (SSSR count). The van der Waals surface area contributed by atoms with Crippen molar-refractivity contribution in [3.05, 3.63) is 60.4 Å². The molecule has 1 atom stereocenters. The van der Waals surface area contributed by atoms with Gasteiger partial charge in [0.2, 0.25) is 5.91 Å². The zero-order valence-corrected chi connectivity index (χ0v) is 14.5. The first-order valence-electron chi connectivity index (χ1n) is 8.27. The summed E-state index contributed by atoms with van der Waals surface area (Å²) in [6.07, 6.45) is 5.50. The Labute approximate surface area is 147 Å². The van der Waals surface area contributed by atoms with Crippen molar-refractivity contribution in [3.63, 3.8) is 0 Å². The lowest BCUT2D eigenvalue weighted by Gasteiger charge is -2.33. The largest absolute Gasteiger partial charge is 0.488 e. The molecule has 126 valence electrons. The summed E-state index contributed by atoms with van der Waals surface area (Å²) in [7, 11) is 0. The van der Waals surface area contributed by atoms with Crippen LogP contribution in [0.15, 0.2) is 54.9 Å². The number of ether oxygens (including phenoxy) is 1. The van der Waals surface area contributed by atoms with E-state index in [2.05, 4.69) is 17.1 Å². The van der Waals surface area contributed by atoms with Gasteiger partial charge in [-0.1, -0.05) is 30.3 Å². The number of thioether (sulfide) groups is 1. The summed E-state index contributed by atoms with van der Waals surface area (Å²) < 4.78 is 5.97. The van der Waals surface area contributed by atoms with Crippen molar-refractivity contribution >= 4 is 17.7 Å². The minimum atomic E-state index is 0.0734. The van der Waals surface area contributed by atoms with Crippen molar-refractivity contribution < 1.29 is 9.53 Å². The van der Waals surface area contributed by atoms with Crippen LogP contribution in [-0.4, -0.2) is 40.7 Å². The molecule has 1 amide bonds. The van der Waals surface area contributed by atoms with Crippen LogP contribution in [0, 0.1) is 0 Å². The lowest BCUT2D eigenvalue weighted by molar-refractivity contribution is -0.130. The van der Waals surface area contributed by atoms with Gasteiger partial charge in [0.25, 0.3) is 0 Å². The van der Waals surface area contributed by atoms with E-state index in [4.69, 9.17) is 4.74 Å². The molecule has 1 saturated heterocycles. The second-order valence-electron chi connectivity index (χ2n) is 5.88. The molecule has 0 saturated carbocycles. The van der Waals surface area contributed by atoms with Crippen LogP contribution in [0.2, 0.25) is 0 Å². The quantitative estimate of drug-likeness (QED) is 0.807. The topological polar surface area (TPSA) is 42.4 Å². The van der Waals surface area contributed by atoms with Crippen LogP contribution in [0.4, 0.5) is 0 Å². The third-order valence-electron chi connectivity index (χ3n) is 4.02. The van der Waals surface area contributed by atoms with Crippen molar-refractivity contribution in [2.24, 2.45) is 0 Å². The second-order valence-corrected chi connectivity index (χ2v) is 6.87. The van der Waals surface area contributed by atoms with Gasteiger partial charge < -0.3 is 9.64 Å². The van der Waals surface area contributed by atoms with Gasteiger partial charge in [-0.3, -0.25) is 9.78 Å². The van der Waals surface area contributed by atoms with Gasteiger partial charge in [0, 0.05) is 24.7 Å². The fraction of sp³-hybridized carbons (Fsp3) is 0.368. The summed E-state index contributed by atoms with van der Waals surface area (Å²) in [6.45, 7) is 1.51. The fourth-order valence-corrected chi connectivity index (χ4v) is 3.68. The van der Waals surface area contributed by atoms with E-state index < -0.39 is 0 Å². The normalized spacial score (nSPS) is 17.5. The summed E-state index contributed by atoms with van der Waals surface area (Å²) in [6, 6.07) is 14.0. The number of hydrogen-bond acceptors (Lipinski definition) is 4. The monoisotopic (exact) mass is 342 g/mol. The number of pyridine rings is 1. The van der Waals surface area contributed by atoms with Gasteiger partial charge >= 0.3 is 0 Å². The molecule has 0 aliphatic carbocycles. The number of carbonyl (C=O) groups excluding carboxylic acids is 1. The molecular formula is C19H22N2O2S. The highest BCUT2D eigenvalue weighted by molar-refractivity contribution is 7.99. The molecule has 1 aliphatic rings.